The number of aliphatic hydroxyl groups excluding tert-OH is 1. The van der Waals surface area contributed by atoms with Gasteiger partial charge in [0, 0.05) is 12.7 Å². The van der Waals surface area contributed by atoms with Crippen LogP contribution in [0.2, 0.25) is 0 Å². The molecule has 0 spiro atoms. The van der Waals surface area contributed by atoms with Crippen LogP contribution in [0.4, 0.5) is 0 Å². The molecule has 28 heavy (non-hydrogen) atoms. The number of ether oxygens (including phenoxy) is 1. The van der Waals surface area contributed by atoms with Gasteiger partial charge in [-0.3, -0.25) is 14.4 Å². The van der Waals surface area contributed by atoms with Gasteiger partial charge in [-0.05, 0) is 19.8 Å². The smallest absolute Gasteiger partial charge is 0.327 e. The average molecular weight is 419 g/mol. The minimum absolute atomic E-state index is 0.251. The second-order valence-electron chi connectivity index (χ2n) is 7.63. The van der Waals surface area contributed by atoms with Crippen LogP contribution in [-0.2, 0) is 23.9 Å². The van der Waals surface area contributed by atoms with Gasteiger partial charge in [0.15, 0.2) is 5.54 Å². The quantitative estimate of drug-likeness (QED) is 0.415. The first-order valence-electron chi connectivity index (χ1n) is 9.17. The molecule has 0 aromatic rings. The van der Waals surface area contributed by atoms with Gasteiger partial charge in [0.05, 0.1) is 18.1 Å². The Bertz CT molecular complexity index is 625. The molecule has 10 heteroatoms. The largest absolute Gasteiger partial charge is 0.480 e. The third kappa shape index (κ3) is 5.24. The van der Waals surface area contributed by atoms with Crippen LogP contribution in [0.3, 0.4) is 0 Å². The van der Waals surface area contributed by atoms with E-state index in [1.54, 1.807) is 34.6 Å². The van der Waals surface area contributed by atoms with Crippen molar-refractivity contribution in [3.63, 3.8) is 0 Å². The molecule has 9 nitrogen and oxygen atoms in total. The third-order valence-corrected chi connectivity index (χ3v) is 5.66. The van der Waals surface area contributed by atoms with Crippen molar-refractivity contribution < 1.29 is 34.1 Å². The number of aliphatic hydroxyl groups is 1. The van der Waals surface area contributed by atoms with Crippen molar-refractivity contribution in [2.45, 2.75) is 71.4 Å². The molecule has 1 rings (SSSR count). The van der Waals surface area contributed by atoms with Gasteiger partial charge in [0.1, 0.15) is 12.1 Å². The molecule has 5 atom stereocenters. The van der Waals surface area contributed by atoms with Crippen LogP contribution in [0.5, 0.6) is 0 Å². The van der Waals surface area contributed by atoms with E-state index in [4.69, 9.17) is 4.74 Å². The first-order chi connectivity index (χ1) is 12.8. The zero-order valence-corrected chi connectivity index (χ0v) is 17.8. The summed E-state index contributed by atoms with van der Waals surface area (Å²) in [5, 5.41) is 24.4. The lowest BCUT2D eigenvalue weighted by atomic mass is 9.80. The van der Waals surface area contributed by atoms with Crippen LogP contribution in [0.15, 0.2) is 0 Å². The number of carbonyl (C=O) groups excluding carboxylic acids is 3. The van der Waals surface area contributed by atoms with Crippen molar-refractivity contribution in [1.29, 1.82) is 0 Å². The lowest BCUT2D eigenvalue weighted by Crippen LogP contribution is -2.65. The van der Waals surface area contributed by atoms with E-state index in [-0.39, 0.29) is 17.8 Å². The standard InChI is InChI=1S/C18H30N2O7S/c1-8(2)13(22)18(14(27-9(3)4)10(5)15(23)20-18)17(26)28-7-12(16(24)25)19-11(6)21/h8-10,12-14,22H,7H2,1-6H3,(H,19,21)(H,20,23)(H,24,25)/t10-,12+,13+,14+,18-/m1/s1. The summed E-state index contributed by atoms with van der Waals surface area (Å²) in [6.07, 6.45) is -2.46. The Hall–Kier alpha value is -1.65. The Morgan fingerprint density at radius 1 is 1.29 bits per heavy atom. The van der Waals surface area contributed by atoms with Crippen LogP contribution < -0.4 is 10.6 Å². The van der Waals surface area contributed by atoms with Crippen molar-refractivity contribution in [3.8, 4) is 0 Å². The molecule has 1 fully saturated rings. The van der Waals surface area contributed by atoms with E-state index in [0.29, 0.717) is 11.8 Å². The van der Waals surface area contributed by atoms with E-state index in [1.807, 2.05) is 0 Å². The highest BCUT2D eigenvalue weighted by molar-refractivity contribution is 8.13. The number of amides is 2. The normalized spacial score (nSPS) is 26.8. The number of carboxylic acids is 1. The maximum Gasteiger partial charge on any atom is 0.327 e. The second-order valence-corrected chi connectivity index (χ2v) is 8.62. The summed E-state index contributed by atoms with van der Waals surface area (Å²) in [6.45, 7) is 9.74. The molecule has 1 aliphatic heterocycles. The monoisotopic (exact) mass is 418 g/mol. The van der Waals surface area contributed by atoms with E-state index in [0.717, 1.165) is 0 Å². The van der Waals surface area contributed by atoms with Crippen LogP contribution in [0.1, 0.15) is 41.5 Å². The van der Waals surface area contributed by atoms with Crippen molar-refractivity contribution in [2.75, 3.05) is 5.75 Å². The van der Waals surface area contributed by atoms with Gasteiger partial charge in [-0.25, -0.2) is 4.79 Å². The van der Waals surface area contributed by atoms with E-state index in [2.05, 4.69) is 10.6 Å². The van der Waals surface area contributed by atoms with Gasteiger partial charge < -0.3 is 25.6 Å². The number of hydrogen-bond acceptors (Lipinski definition) is 7. The molecule has 0 aromatic carbocycles. The van der Waals surface area contributed by atoms with Gasteiger partial charge in [0.25, 0.3) is 0 Å². The SMILES string of the molecule is CC(=O)N[C@@H](CSC(=O)[C@]1([C@@H](O)C(C)C)NC(=O)[C@H](C)[C@@H]1OC(C)C)C(=O)O. The lowest BCUT2D eigenvalue weighted by Gasteiger charge is -2.40. The molecule has 4 N–H and O–H groups in total. The van der Waals surface area contributed by atoms with Crippen molar-refractivity contribution in [1.82, 2.24) is 10.6 Å². The molecule has 1 aliphatic rings. The summed E-state index contributed by atoms with van der Waals surface area (Å²) < 4.78 is 5.86. The summed E-state index contributed by atoms with van der Waals surface area (Å²) in [5.41, 5.74) is -1.71. The lowest BCUT2D eigenvalue weighted by molar-refractivity contribution is -0.140. The van der Waals surface area contributed by atoms with Crippen molar-refractivity contribution in [2.24, 2.45) is 11.8 Å². The molecule has 0 aliphatic carbocycles. The molecule has 0 saturated carbocycles. The Kier molecular flexibility index (Phi) is 8.45. The molecule has 0 bridgehead atoms. The molecule has 160 valence electrons. The molecular weight excluding hydrogens is 388 g/mol. The molecule has 0 aromatic heterocycles. The number of carbonyl (C=O) groups is 4. The Balaban J connectivity index is 3.22. The highest BCUT2D eigenvalue weighted by Gasteiger charge is 2.61. The third-order valence-electron chi connectivity index (χ3n) is 4.56. The average Bonchev–Trinajstić information content (AvgIpc) is 2.82. The first-order valence-corrected chi connectivity index (χ1v) is 10.2. The zero-order chi connectivity index (χ0) is 21.8. The highest BCUT2D eigenvalue weighted by Crippen LogP contribution is 2.38. The highest BCUT2D eigenvalue weighted by atomic mass is 32.2. The van der Waals surface area contributed by atoms with Crippen LogP contribution in [0, 0.1) is 11.8 Å². The molecule has 0 unspecified atom stereocenters. The van der Waals surface area contributed by atoms with E-state index in [1.165, 1.54) is 6.92 Å². The number of aliphatic carboxylic acids is 1. The van der Waals surface area contributed by atoms with Crippen LogP contribution in [-0.4, -0.2) is 68.8 Å². The van der Waals surface area contributed by atoms with Crippen LogP contribution in [0.25, 0.3) is 0 Å². The Labute approximate surface area is 169 Å². The van der Waals surface area contributed by atoms with Gasteiger partial charge in [-0.15, -0.1) is 0 Å². The van der Waals surface area contributed by atoms with Gasteiger partial charge in [-0.1, -0.05) is 32.5 Å². The summed E-state index contributed by atoms with van der Waals surface area (Å²) >= 11 is 0.642. The number of thioether (sulfide) groups is 1. The molecule has 1 saturated heterocycles. The summed E-state index contributed by atoms with van der Waals surface area (Å²) in [4.78, 5) is 48.1. The predicted molar refractivity (Wildman–Crippen MR) is 104 cm³/mol. The maximum atomic E-state index is 13.2. The van der Waals surface area contributed by atoms with Crippen molar-refractivity contribution in [3.05, 3.63) is 0 Å². The minimum atomic E-state index is -1.71. The van der Waals surface area contributed by atoms with E-state index in [9.17, 15) is 29.4 Å². The van der Waals surface area contributed by atoms with Gasteiger partial charge >= 0.3 is 5.97 Å². The maximum absolute atomic E-state index is 13.2. The number of nitrogens with one attached hydrogen (secondary N) is 2. The molecule has 0 radical (unpaired) electrons. The summed E-state index contributed by atoms with van der Waals surface area (Å²) in [7, 11) is 0. The topological polar surface area (TPSA) is 142 Å². The van der Waals surface area contributed by atoms with Gasteiger partial charge in [-0.2, -0.15) is 0 Å². The molecule has 1 heterocycles. The fraction of sp³-hybridized carbons (Fsp3) is 0.778. The molecule has 2 amide bonds. The number of hydrogen-bond donors (Lipinski definition) is 4. The fourth-order valence-electron chi connectivity index (χ4n) is 3.19. The van der Waals surface area contributed by atoms with E-state index >= 15 is 0 Å². The first kappa shape index (κ1) is 24.4. The number of carboxylic acid groups (broad SMARTS) is 1. The Morgan fingerprint density at radius 3 is 2.29 bits per heavy atom. The van der Waals surface area contributed by atoms with E-state index < -0.39 is 52.6 Å². The minimum Gasteiger partial charge on any atom is -0.480 e. The summed E-state index contributed by atoms with van der Waals surface area (Å²) in [6, 6.07) is -1.28. The Morgan fingerprint density at radius 2 is 1.86 bits per heavy atom. The second kappa shape index (κ2) is 9.71. The van der Waals surface area contributed by atoms with Crippen molar-refractivity contribution >= 4 is 34.7 Å². The molecular formula is C18H30N2O7S. The predicted octanol–water partition coefficient (Wildman–Crippen LogP) is 0.151. The summed E-state index contributed by atoms with van der Waals surface area (Å²) in [5.74, 6) is -3.55. The zero-order valence-electron chi connectivity index (χ0n) is 17.0. The fourth-order valence-corrected chi connectivity index (χ4v) is 4.26. The van der Waals surface area contributed by atoms with Gasteiger partial charge in [0.2, 0.25) is 16.9 Å². The number of rotatable bonds is 9. The van der Waals surface area contributed by atoms with Crippen LogP contribution >= 0.6 is 11.8 Å².